The van der Waals surface area contributed by atoms with Gasteiger partial charge in [0.05, 0.1) is 11.9 Å². The molecule has 6 heteroatoms. The van der Waals surface area contributed by atoms with Gasteiger partial charge in [0.25, 0.3) is 0 Å². The Morgan fingerprint density at radius 1 is 1.04 bits per heavy atom. The average molecular weight is 335 g/mol. The van der Waals surface area contributed by atoms with Gasteiger partial charge in [-0.1, -0.05) is 37.3 Å². The summed E-state index contributed by atoms with van der Waals surface area (Å²) in [5, 5.41) is 14.5. The number of rotatable bonds is 7. The summed E-state index contributed by atoms with van der Waals surface area (Å²) >= 11 is 0. The minimum atomic E-state index is 0.318. The molecular weight excluding hydrogens is 314 g/mol. The number of nitrogens with zero attached hydrogens (tertiary/aromatic N) is 3. The molecule has 0 spiro atoms. The van der Waals surface area contributed by atoms with Gasteiger partial charge in [-0.05, 0) is 37.6 Å². The quantitative estimate of drug-likeness (QED) is 0.656. The highest BCUT2D eigenvalue weighted by molar-refractivity contribution is 5.63. The van der Waals surface area contributed by atoms with Crippen LogP contribution in [0.5, 0.6) is 11.5 Å². The topological polar surface area (TPSA) is 72.0 Å². The van der Waals surface area contributed by atoms with E-state index in [9.17, 15) is 0 Å². The Bertz CT molecular complexity index is 810. The molecule has 1 unspecified atom stereocenters. The molecule has 0 aliphatic carbocycles. The molecule has 0 radical (unpaired) electrons. The van der Waals surface area contributed by atoms with Gasteiger partial charge >= 0.3 is 0 Å². The van der Waals surface area contributed by atoms with E-state index in [0.29, 0.717) is 23.6 Å². The predicted octanol–water partition coefficient (Wildman–Crippen LogP) is 4.62. The minimum Gasteiger partial charge on any atom is -0.455 e. The van der Waals surface area contributed by atoms with Gasteiger partial charge in [-0.3, -0.25) is 0 Å². The van der Waals surface area contributed by atoms with Gasteiger partial charge in [-0.2, -0.15) is 10.1 Å². The fraction of sp³-hybridized carbons (Fsp3) is 0.211. The molecule has 25 heavy (non-hydrogen) atoms. The maximum absolute atomic E-state index is 5.94. The Kier molecular flexibility index (Phi) is 5.41. The van der Waals surface area contributed by atoms with Crippen LogP contribution in [0.15, 0.2) is 60.8 Å². The van der Waals surface area contributed by atoms with Crippen molar-refractivity contribution in [3.8, 4) is 11.5 Å². The summed E-state index contributed by atoms with van der Waals surface area (Å²) in [4.78, 5) is 4.45. The van der Waals surface area contributed by atoms with Crippen molar-refractivity contribution in [3.05, 3.63) is 60.8 Å². The number of anilines is 3. The van der Waals surface area contributed by atoms with E-state index in [1.807, 2.05) is 54.6 Å². The van der Waals surface area contributed by atoms with Crippen molar-refractivity contribution in [2.75, 3.05) is 10.6 Å². The van der Waals surface area contributed by atoms with Crippen molar-refractivity contribution < 1.29 is 4.74 Å². The number of benzene rings is 2. The summed E-state index contributed by atoms with van der Waals surface area (Å²) in [5.41, 5.74) is 0.772. The molecule has 1 atom stereocenters. The average Bonchev–Trinajstić information content (AvgIpc) is 2.64. The third-order valence-corrected chi connectivity index (χ3v) is 3.67. The van der Waals surface area contributed by atoms with E-state index in [1.165, 1.54) is 0 Å². The zero-order valence-electron chi connectivity index (χ0n) is 14.3. The third-order valence-electron chi connectivity index (χ3n) is 3.67. The smallest absolute Gasteiger partial charge is 0.249 e. The number of aromatic nitrogens is 3. The molecule has 3 aromatic rings. The van der Waals surface area contributed by atoms with Gasteiger partial charge in [-0.25, -0.2) is 0 Å². The first-order valence-corrected chi connectivity index (χ1v) is 8.30. The molecule has 3 rings (SSSR count). The van der Waals surface area contributed by atoms with Crippen LogP contribution < -0.4 is 15.4 Å². The highest BCUT2D eigenvalue weighted by atomic mass is 16.5. The molecular formula is C19H21N5O. The van der Waals surface area contributed by atoms with Gasteiger partial charge in [0, 0.05) is 6.04 Å². The zero-order chi connectivity index (χ0) is 17.5. The lowest BCUT2D eigenvalue weighted by Gasteiger charge is -2.14. The molecule has 128 valence electrons. The standard InChI is InChI=1S/C19H21N5O/c1-3-14(2)21-18-13-20-24-19(23-18)22-16-11-7-8-12-17(16)25-15-9-5-4-6-10-15/h4-14H,3H2,1-2H3,(H2,21,22,23,24). The van der Waals surface area contributed by atoms with Crippen LogP contribution in [0.25, 0.3) is 0 Å². The van der Waals surface area contributed by atoms with E-state index < -0.39 is 0 Å². The monoisotopic (exact) mass is 335 g/mol. The minimum absolute atomic E-state index is 0.318. The first kappa shape index (κ1) is 16.7. The second kappa shape index (κ2) is 8.10. The van der Waals surface area contributed by atoms with Gasteiger partial charge < -0.3 is 15.4 Å². The number of hydrogen-bond donors (Lipinski definition) is 2. The summed E-state index contributed by atoms with van der Waals surface area (Å²) in [7, 11) is 0. The van der Waals surface area contributed by atoms with Gasteiger partial charge in [0.2, 0.25) is 5.95 Å². The van der Waals surface area contributed by atoms with Crippen molar-refractivity contribution in [1.29, 1.82) is 0 Å². The van der Waals surface area contributed by atoms with E-state index in [4.69, 9.17) is 4.74 Å². The molecule has 6 nitrogen and oxygen atoms in total. The Labute approximate surface area is 147 Å². The molecule has 2 N–H and O–H groups in total. The fourth-order valence-corrected chi connectivity index (χ4v) is 2.18. The van der Waals surface area contributed by atoms with E-state index in [2.05, 4.69) is 39.7 Å². The Morgan fingerprint density at radius 2 is 1.80 bits per heavy atom. The number of ether oxygens (including phenoxy) is 1. The van der Waals surface area contributed by atoms with Crippen molar-refractivity contribution in [1.82, 2.24) is 15.2 Å². The van der Waals surface area contributed by atoms with Gasteiger partial charge in [0.1, 0.15) is 5.75 Å². The van der Waals surface area contributed by atoms with Gasteiger partial charge in [-0.15, -0.1) is 5.10 Å². The SMILES string of the molecule is CCC(C)Nc1cnnc(Nc2ccccc2Oc2ccccc2)n1. The van der Waals surface area contributed by atoms with Crippen LogP contribution in [0.2, 0.25) is 0 Å². The van der Waals surface area contributed by atoms with Crippen molar-refractivity contribution in [2.24, 2.45) is 0 Å². The first-order valence-electron chi connectivity index (χ1n) is 8.30. The predicted molar refractivity (Wildman–Crippen MR) is 99.4 cm³/mol. The molecule has 1 aromatic heterocycles. The highest BCUT2D eigenvalue weighted by Gasteiger charge is 2.08. The molecule has 0 aliphatic rings. The maximum atomic E-state index is 5.94. The van der Waals surface area contributed by atoms with Crippen molar-refractivity contribution in [2.45, 2.75) is 26.3 Å². The number of para-hydroxylation sites is 3. The maximum Gasteiger partial charge on any atom is 0.249 e. The van der Waals surface area contributed by atoms with Crippen LogP contribution in [0.1, 0.15) is 20.3 Å². The van der Waals surface area contributed by atoms with Crippen LogP contribution in [0.4, 0.5) is 17.5 Å². The van der Waals surface area contributed by atoms with Crippen LogP contribution in [0.3, 0.4) is 0 Å². The fourth-order valence-electron chi connectivity index (χ4n) is 2.18. The third kappa shape index (κ3) is 4.67. The summed E-state index contributed by atoms with van der Waals surface area (Å²) in [6, 6.07) is 17.6. The molecule has 0 saturated carbocycles. The van der Waals surface area contributed by atoms with Gasteiger partial charge in [0.15, 0.2) is 11.6 Å². The summed E-state index contributed by atoms with van der Waals surface area (Å²) in [6.07, 6.45) is 2.62. The van der Waals surface area contributed by atoms with Crippen LogP contribution >= 0.6 is 0 Å². The molecule has 0 aliphatic heterocycles. The Balaban J connectivity index is 1.78. The van der Waals surface area contributed by atoms with E-state index in [1.54, 1.807) is 6.20 Å². The lowest BCUT2D eigenvalue weighted by Crippen LogP contribution is -2.15. The van der Waals surface area contributed by atoms with E-state index in [0.717, 1.165) is 17.9 Å². The number of hydrogen-bond acceptors (Lipinski definition) is 6. The van der Waals surface area contributed by atoms with Crippen molar-refractivity contribution in [3.63, 3.8) is 0 Å². The molecule has 0 fully saturated rings. The lowest BCUT2D eigenvalue weighted by atomic mass is 10.3. The normalized spacial score (nSPS) is 11.6. The molecule has 0 bridgehead atoms. The first-order chi connectivity index (χ1) is 12.2. The lowest BCUT2D eigenvalue weighted by molar-refractivity contribution is 0.485. The van der Waals surface area contributed by atoms with Crippen LogP contribution in [0, 0.1) is 0 Å². The second-order valence-electron chi connectivity index (χ2n) is 5.66. The Morgan fingerprint density at radius 3 is 2.60 bits per heavy atom. The van der Waals surface area contributed by atoms with E-state index >= 15 is 0 Å². The molecule has 2 aromatic carbocycles. The summed E-state index contributed by atoms with van der Waals surface area (Å²) < 4.78 is 5.94. The van der Waals surface area contributed by atoms with Crippen LogP contribution in [-0.2, 0) is 0 Å². The molecule has 0 amide bonds. The second-order valence-corrected chi connectivity index (χ2v) is 5.66. The molecule has 0 saturated heterocycles. The largest absolute Gasteiger partial charge is 0.455 e. The molecule has 1 heterocycles. The number of nitrogens with one attached hydrogen (secondary N) is 2. The zero-order valence-corrected chi connectivity index (χ0v) is 14.3. The summed E-state index contributed by atoms with van der Waals surface area (Å²) in [6.45, 7) is 4.21. The van der Waals surface area contributed by atoms with Crippen molar-refractivity contribution >= 4 is 17.5 Å². The highest BCUT2D eigenvalue weighted by Crippen LogP contribution is 2.30. The Hall–Kier alpha value is -3.15. The van der Waals surface area contributed by atoms with E-state index in [-0.39, 0.29) is 0 Å². The summed E-state index contributed by atoms with van der Waals surface area (Å²) in [5.74, 6) is 2.56. The van der Waals surface area contributed by atoms with Crippen LogP contribution in [-0.4, -0.2) is 21.2 Å².